The summed E-state index contributed by atoms with van der Waals surface area (Å²) in [6.07, 6.45) is -0.642. The largest absolute Gasteiger partial charge is 0.465 e. The molecule has 0 aliphatic carbocycles. The number of nitrogens with zero attached hydrogens (tertiary/aromatic N) is 5. The number of carboxylic acid groups (broad SMARTS) is 1. The Kier molecular flexibility index (Phi) is 4.69. The van der Waals surface area contributed by atoms with Crippen molar-refractivity contribution in [2.45, 2.75) is 19.1 Å². The number of hydrogen-bond acceptors (Lipinski definition) is 4. The van der Waals surface area contributed by atoms with Crippen molar-refractivity contribution < 1.29 is 23.1 Å². The van der Waals surface area contributed by atoms with E-state index in [0.29, 0.717) is 35.4 Å². The molecule has 0 unspecified atom stereocenters. The third kappa shape index (κ3) is 3.71. The van der Waals surface area contributed by atoms with Gasteiger partial charge in [-0.15, -0.1) is 0 Å². The zero-order valence-corrected chi connectivity index (χ0v) is 17.0. The van der Waals surface area contributed by atoms with Gasteiger partial charge in [0.15, 0.2) is 0 Å². The molecule has 11 heteroatoms. The van der Waals surface area contributed by atoms with Crippen molar-refractivity contribution in [1.82, 2.24) is 23.8 Å². The third-order valence-electron chi connectivity index (χ3n) is 5.61. The van der Waals surface area contributed by atoms with Crippen LogP contribution in [0.4, 0.5) is 18.0 Å². The van der Waals surface area contributed by atoms with E-state index < -0.39 is 18.0 Å². The van der Waals surface area contributed by atoms with E-state index in [1.807, 2.05) is 0 Å². The molecule has 0 saturated carbocycles. The van der Waals surface area contributed by atoms with Crippen molar-refractivity contribution in [2.75, 3.05) is 6.54 Å². The normalized spacial score (nSPS) is 13.8. The molecule has 8 nitrogen and oxygen atoms in total. The smallest absolute Gasteiger partial charge is 0.433 e. The summed E-state index contributed by atoms with van der Waals surface area (Å²) < 4.78 is 41.4. The van der Waals surface area contributed by atoms with Gasteiger partial charge in [0, 0.05) is 49.3 Å². The number of imidazole rings is 1. The molecule has 1 N–H and O–H groups in total. The summed E-state index contributed by atoms with van der Waals surface area (Å²) in [5, 5.41) is 9.25. The maximum Gasteiger partial charge on any atom is 0.433 e. The minimum Gasteiger partial charge on any atom is -0.465 e. The van der Waals surface area contributed by atoms with Crippen LogP contribution in [-0.2, 0) is 19.1 Å². The monoisotopic (exact) mass is 455 g/mol. The van der Waals surface area contributed by atoms with E-state index >= 15 is 0 Å². The Morgan fingerprint density at radius 1 is 1.06 bits per heavy atom. The number of aromatic nitrogens is 4. The molecule has 33 heavy (non-hydrogen) atoms. The molecule has 4 aromatic rings. The van der Waals surface area contributed by atoms with E-state index in [-0.39, 0.29) is 12.1 Å². The van der Waals surface area contributed by atoms with Gasteiger partial charge >= 0.3 is 12.3 Å². The number of amides is 1. The highest BCUT2D eigenvalue weighted by Gasteiger charge is 2.32. The lowest BCUT2D eigenvalue weighted by Crippen LogP contribution is -2.35. The molecule has 168 valence electrons. The second kappa shape index (κ2) is 7.47. The number of halogens is 3. The molecule has 5 heterocycles. The van der Waals surface area contributed by atoms with Gasteiger partial charge in [0.1, 0.15) is 11.3 Å². The molecule has 1 amide bonds. The maximum absolute atomic E-state index is 12.8. The van der Waals surface area contributed by atoms with Crippen LogP contribution in [0.3, 0.4) is 0 Å². The van der Waals surface area contributed by atoms with Gasteiger partial charge in [0.05, 0.1) is 23.6 Å². The topological polar surface area (TPSA) is 92.7 Å². The van der Waals surface area contributed by atoms with E-state index in [4.69, 9.17) is 0 Å². The second-order valence-corrected chi connectivity index (χ2v) is 7.63. The Hall–Kier alpha value is -4.15. The highest BCUT2D eigenvalue weighted by atomic mass is 19.4. The molecule has 0 spiro atoms. The Bertz CT molecular complexity index is 1440. The first-order valence-electron chi connectivity index (χ1n) is 9.95. The SMILES string of the molecule is O=C(O)N1CCc2nc3cc(-n4ccc(-c5ccc(C(F)(F)F)nc5)cc4=O)ccn3c2C1. The number of rotatable bonds is 2. The van der Waals surface area contributed by atoms with Crippen LogP contribution in [-0.4, -0.2) is 41.6 Å². The molecule has 0 aromatic carbocycles. The third-order valence-corrected chi connectivity index (χ3v) is 5.61. The van der Waals surface area contributed by atoms with Crippen molar-refractivity contribution >= 4 is 11.7 Å². The highest BCUT2D eigenvalue weighted by Crippen LogP contribution is 2.29. The molecule has 0 atom stereocenters. The predicted molar refractivity (Wildman–Crippen MR) is 111 cm³/mol. The van der Waals surface area contributed by atoms with E-state index in [1.54, 1.807) is 28.8 Å². The van der Waals surface area contributed by atoms with Crippen molar-refractivity contribution in [1.29, 1.82) is 0 Å². The van der Waals surface area contributed by atoms with Crippen molar-refractivity contribution in [3.05, 3.63) is 82.4 Å². The van der Waals surface area contributed by atoms with Gasteiger partial charge < -0.3 is 14.4 Å². The van der Waals surface area contributed by atoms with Crippen LogP contribution in [0.5, 0.6) is 0 Å². The van der Waals surface area contributed by atoms with Crippen molar-refractivity contribution in [2.24, 2.45) is 0 Å². The van der Waals surface area contributed by atoms with Crippen LogP contribution in [0, 0.1) is 0 Å². The standard InChI is InChI=1S/C22H16F3N5O3/c23-22(24,25)18-2-1-14(11-26-18)13-3-7-29(20(31)9-13)15-4-8-30-17-12-28(21(32)33)6-5-16(17)27-19(30)10-15/h1-4,7-11H,5-6,12H2,(H,32,33). The van der Waals surface area contributed by atoms with Crippen molar-refractivity contribution in [3.8, 4) is 16.8 Å². The second-order valence-electron chi connectivity index (χ2n) is 7.63. The first-order chi connectivity index (χ1) is 15.7. The van der Waals surface area contributed by atoms with Crippen LogP contribution in [0.1, 0.15) is 17.1 Å². The van der Waals surface area contributed by atoms with E-state index in [0.717, 1.165) is 23.7 Å². The van der Waals surface area contributed by atoms with Crippen LogP contribution < -0.4 is 5.56 Å². The fraction of sp³-hybridized carbons (Fsp3) is 0.182. The fourth-order valence-corrected chi connectivity index (χ4v) is 3.92. The van der Waals surface area contributed by atoms with Gasteiger partial charge in [-0.05, 0) is 23.8 Å². The Morgan fingerprint density at radius 2 is 1.88 bits per heavy atom. The zero-order chi connectivity index (χ0) is 23.3. The number of pyridine rings is 3. The Labute approximate surface area is 184 Å². The van der Waals surface area contributed by atoms with Gasteiger partial charge in [0.2, 0.25) is 0 Å². The first kappa shape index (κ1) is 20.7. The quantitative estimate of drug-likeness (QED) is 0.499. The minimum absolute atomic E-state index is 0.237. The summed E-state index contributed by atoms with van der Waals surface area (Å²) in [5.74, 6) is 0. The van der Waals surface area contributed by atoms with Gasteiger partial charge in [-0.2, -0.15) is 13.2 Å². The molecule has 1 aliphatic heterocycles. The molecule has 1 aliphatic rings. The summed E-state index contributed by atoms with van der Waals surface area (Å²) in [6.45, 7) is 0.611. The number of alkyl halides is 3. The maximum atomic E-state index is 12.8. The number of hydrogen-bond donors (Lipinski definition) is 1. The summed E-state index contributed by atoms with van der Waals surface area (Å²) >= 11 is 0. The molecule has 0 radical (unpaired) electrons. The predicted octanol–water partition coefficient (Wildman–Crippen LogP) is 3.60. The van der Waals surface area contributed by atoms with Crippen LogP contribution in [0.2, 0.25) is 0 Å². The minimum atomic E-state index is -4.53. The van der Waals surface area contributed by atoms with Gasteiger partial charge in [-0.25, -0.2) is 9.78 Å². The van der Waals surface area contributed by atoms with Crippen molar-refractivity contribution in [3.63, 3.8) is 0 Å². The molecular formula is C22H16F3N5O3. The fourth-order valence-electron chi connectivity index (χ4n) is 3.92. The summed E-state index contributed by atoms with van der Waals surface area (Å²) in [7, 11) is 0. The van der Waals surface area contributed by atoms with Crippen LogP contribution in [0.15, 0.2) is 59.8 Å². The van der Waals surface area contributed by atoms with Gasteiger partial charge in [-0.1, -0.05) is 6.07 Å². The molecule has 0 fully saturated rings. The molecule has 5 rings (SSSR count). The molecule has 0 saturated heterocycles. The van der Waals surface area contributed by atoms with Crippen LogP contribution >= 0.6 is 0 Å². The Balaban J connectivity index is 1.47. The summed E-state index contributed by atoms with van der Waals surface area (Å²) in [5.41, 5.74) is 2.24. The molecule has 4 aromatic heterocycles. The number of carbonyl (C=O) groups is 1. The van der Waals surface area contributed by atoms with Gasteiger partial charge in [-0.3, -0.25) is 14.3 Å². The molecule has 0 bridgehead atoms. The van der Waals surface area contributed by atoms with Gasteiger partial charge in [0.25, 0.3) is 5.56 Å². The Morgan fingerprint density at radius 3 is 2.55 bits per heavy atom. The average molecular weight is 455 g/mol. The lowest BCUT2D eigenvalue weighted by molar-refractivity contribution is -0.141. The van der Waals surface area contributed by atoms with E-state index in [1.165, 1.54) is 27.8 Å². The summed E-state index contributed by atoms with van der Waals surface area (Å²) in [4.78, 5) is 33.4. The van der Waals surface area contributed by atoms with Crippen LogP contribution in [0.25, 0.3) is 22.5 Å². The first-order valence-corrected chi connectivity index (χ1v) is 9.95. The zero-order valence-electron chi connectivity index (χ0n) is 17.0. The molecular weight excluding hydrogens is 439 g/mol. The lowest BCUT2D eigenvalue weighted by Gasteiger charge is -2.23. The average Bonchev–Trinajstić information content (AvgIpc) is 3.15. The van der Waals surface area contributed by atoms with E-state index in [9.17, 15) is 27.9 Å². The highest BCUT2D eigenvalue weighted by molar-refractivity contribution is 5.66. The lowest BCUT2D eigenvalue weighted by atomic mass is 10.1. The van der Waals surface area contributed by atoms with E-state index in [2.05, 4.69) is 9.97 Å². The number of fused-ring (bicyclic) bond motifs is 3. The summed E-state index contributed by atoms with van der Waals surface area (Å²) in [6, 6.07) is 8.55.